The smallest absolute Gasteiger partial charge is 0.256 e. The first-order valence-corrected chi connectivity index (χ1v) is 10.7. The maximum atomic E-state index is 13.5. The lowest BCUT2D eigenvalue weighted by Gasteiger charge is -2.15. The number of rotatable bonds is 6. The average Bonchev–Trinajstić information content (AvgIpc) is 3.21. The zero-order valence-corrected chi connectivity index (χ0v) is 19.3. The molecule has 0 fully saturated rings. The van der Waals surface area contributed by atoms with E-state index in [1.807, 2.05) is 0 Å². The number of hydrogen-bond acceptors (Lipinski definition) is 3. The minimum atomic E-state index is -0.406. The number of nitrogens with zero attached hydrogens (tertiary/aromatic N) is 1. The van der Waals surface area contributed by atoms with Crippen LogP contribution < -0.4 is 10.6 Å². The molecule has 168 valence electrons. The van der Waals surface area contributed by atoms with Gasteiger partial charge in [-0.2, -0.15) is 0 Å². The van der Waals surface area contributed by atoms with Crippen LogP contribution in [0, 0.1) is 19.7 Å². The highest BCUT2D eigenvalue weighted by Gasteiger charge is 2.25. The van der Waals surface area contributed by atoms with Crippen molar-refractivity contribution in [3.8, 4) is 0 Å². The molecule has 3 rings (SSSR count). The average molecular weight is 429 g/mol. The number of nitrogens with one attached hydrogen (secondary N) is 3. The second-order valence-electron chi connectivity index (χ2n) is 7.47. The van der Waals surface area contributed by atoms with Crippen LogP contribution in [-0.4, -0.2) is 48.4 Å². The number of hydrogen-bond donors (Lipinski definition) is 3. The molecular formula is C24H33FN4O2. The monoisotopic (exact) mass is 428 g/mol. The molecule has 0 bridgehead atoms. The first kappa shape index (κ1) is 24.3. The summed E-state index contributed by atoms with van der Waals surface area (Å²) in [5, 5.41) is 5.30. The minimum Gasteiger partial charge on any atom is -0.358 e. The van der Waals surface area contributed by atoms with Crippen LogP contribution in [0.2, 0.25) is 0 Å². The number of anilines is 1. The van der Waals surface area contributed by atoms with Crippen molar-refractivity contribution in [2.24, 2.45) is 0 Å². The topological polar surface area (TPSA) is 77.2 Å². The number of aryl methyl sites for hydroxylation is 1. The predicted molar refractivity (Wildman–Crippen MR) is 125 cm³/mol. The number of aromatic nitrogens is 1. The molecule has 0 saturated heterocycles. The highest BCUT2D eigenvalue weighted by atomic mass is 19.1. The van der Waals surface area contributed by atoms with E-state index in [4.69, 9.17) is 0 Å². The summed E-state index contributed by atoms with van der Waals surface area (Å²) in [7, 11) is 1.57. The van der Waals surface area contributed by atoms with Crippen molar-refractivity contribution >= 4 is 29.2 Å². The fraction of sp³-hybridized carbons (Fsp3) is 0.417. The van der Waals surface area contributed by atoms with E-state index in [0.29, 0.717) is 33.8 Å². The molecule has 1 aromatic carbocycles. The quantitative estimate of drug-likeness (QED) is 0.598. The van der Waals surface area contributed by atoms with Crippen molar-refractivity contribution in [1.82, 2.24) is 15.2 Å². The van der Waals surface area contributed by atoms with Crippen molar-refractivity contribution < 1.29 is 14.0 Å². The fourth-order valence-corrected chi connectivity index (χ4v) is 3.69. The van der Waals surface area contributed by atoms with Crippen LogP contribution >= 0.6 is 0 Å². The van der Waals surface area contributed by atoms with Gasteiger partial charge in [-0.3, -0.25) is 9.59 Å². The summed E-state index contributed by atoms with van der Waals surface area (Å²) < 4.78 is 13.5. The summed E-state index contributed by atoms with van der Waals surface area (Å²) in [4.78, 5) is 29.6. The van der Waals surface area contributed by atoms with Gasteiger partial charge in [-0.1, -0.05) is 20.8 Å². The second kappa shape index (κ2) is 10.9. The lowest BCUT2D eigenvalue weighted by atomic mass is 10.0. The van der Waals surface area contributed by atoms with Crippen molar-refractivity contribution in [3.05, 3.63) is 52.1 Å². The Kier molecular flexibility index (Phi) is 8.56. The maximum Gasteiger partial charge on any atom is 0.256 e. The first-order chi connectivity index (χ1) is 14.8. The van der Waals surface area contributed by atoms with E-state index >= 15 is 0 Å². The molecule has 2 heterocycles. The molecule has 2 aromatic rings. The molecule has 0 atom stereocenters. The SMILES string of the molecule is CCCN(CC)CC.CNC(=O)c1c(C)[nH]c(/C=C2\C(=O)Nc3ccc(F)cc32)c1C. The van der Waals surface area contributed by atoms with Gasteiger partial charge >= 0.3 is 0 Å². The summed E-state index contributed by atoms with van der Waals surface area (Å²) in [6.45, 7) is 13.9. The Balaban J connectivity index is 0.000000366. The van der Waals surface area contributed by atoms with E-state index in [9.17, 15) is 14.0 Å². The summed E-state index contributed by atoms with van der Waals surface area (Å²) in [5.41, 5.74) is 4.13. The highest BCUT2D eigenvalue weighted by Crippen LogP contribution is 2.34. The Morgan fingerprint density at radius 3 is 2.42 bits per heavy atom. The third kappa shape index (κ3) is 5.61. The van der Waals surface area contributed by atoms with E-state index in [-0.39, 0.29) is 11.8 Å². The third-order valence-electron chi connectivity index (χ3n) is 5.42. The van der Waals surface area contributed by atoms with Gasteiger partial charge in [0.25, 0.3) is 11.8 Å². The third-order valence-corrected chi connectivity index (χ3v) is 5.42. The van der Waals surface area contributed by atoms with Crippen LogP contribution in [0.1, 0.15) is 60.1 Å². The molecule has 1 aliphatic heterocycles. The van der Waals surface area contributed by atoms with Crippen molar-refractivity contribution in [1.29, 1.82) is 0 Å². The number of carbonyl (C=O) groups is 2. The fourth-order valence-electron chi connectivity index (χ4n) is 3.69. The molecule has 3 N–H and O–H groups in total. The van der Waals surface area contributed by atoms with Crippen molar-refractivity contribution in [2.45, 2.75) is 41.0 Å². The van der Waals surface area contributed by atoms with E-state index in [2.05, 4.69) is 41.3 Å². The largest absolute Gasteiger partial charge is 0.358 e. The van der Waals surface area contributed by atoms with Crippen LogP contribution in [-0.2, 0) is 4.79 Å². The van der Waals surface area contributed by atoms with Gasteiger partial charge < -0.3 is 20.5 Å². The van der Waals surface area contributed by atoms with Gasteiger partial charge in [0.05, 0.1) is 11.1 Å². The number of H-pyrrole nitrogens is 1. The van der Waals surface area contributed by atoms with Crippen LogP contribution in [0.3, 0.4) is 0 Å². The summed E-state index contributed by atoms with van der Waals surface area (Å²) in [6, 6.07) is 4.16. The van der Waals surface area contributed by atoms with Crippen molar-refractivity contribution in [3.63, 3.8) is 0 Å². The van der Waals surface area contributed by atoms with Crippen LogP contribution in [0.25, 0.3) is 11.6 Å². The van der Waals surface area contributed by atoms with Gasteiger partial charge in [0.2, 0.25) is 0 Å². The molecule has 31 heavy (non-hydrogen) atoms. The van der Waals surface area contributed by atoms with Crippen LogP contribution in [0.5, 0.6) is 0 Å². The Bertz CT molecular complexity index is 974. The van der Waals surface area contributed by atoms with E-state index in [1.165, 1.54) is 44.3 Å². The second-order valence-corrected chi connectivity index (χ2v) is 7.47. The van der Waals surface area contributed by atoms with Crippen molar-refractivity contribution in [2.75, 3.05) is 32.0 Å². The zero-order chi connectivity index (χ0) is 23.1. The minimum absolute atomic E-state index is 0.191. The Morgan fingerprint density at radius 1 is 1.19 bits per heavy atom. The lowest BCUT2D eigenvalue weighted by Crippen LogP contribution is -2.23. The van der Waals surface area contributed by atoms with Gasteiger partial charge in [0, 0.05) is 29.7 Å². The molecule has 0 radical (unpaired) electrons. The van der Waals surface area contributed by atoms with Crippen LogP contribution in [0.4, 0.5) is 10.1 Å². The Labute approximate surface area is 183 Å². The number of halogens is 1. The van der Waals surface area contributed by atoms with Gasteiger partial charge in [-0.05, 0) is 69.7 Å². The number of aromatic amines is 1. The predicted octanol–water partition coefficient (Wildman–Crippen LogP) is 4.36. The van der Waals surface area contributed by atoms with Gasteiger partial charge in [0.15, 0.2) is 0 Å². The zero-order valence-electron chi connectivity index (χ0n) is 19.3. The number of amides is 2. The lowest BCUT2D eigenvalue weighted by molar-refractivity contribution is -0.110. The van der Waals surface area contributed by atoms with Crippen LogP contribution in [0.15, 0.2) is 18.2 Å². The molecule has 0 aliphatic carbocycles. The molecule has 0 spiro atoms. The van der Waals surface area contributed by atoms with E-state index < -0.39 is 5.82 Å². The molecule has 0 saturated carbocycles. The Hall–Kier alpha value is -2.93. The van der Waals surface area contributed by atoms with Gasteiger partial charge in [0.1, 0.15) is 5.82 Å². The molecule has 2 amide bonds. The Morgan fingerprint density at radius 2 is 1.87 bits per heavy atom. The van der Waals surface area contributed by atoms with E-state index in [1.54, 1.807) is 27.0 Å². The number of fused-ring (bicyclic) bond motifs is 1. The van der Waals surface area contributed by atoms with Gasteiger partial charge in [-0.25, -0.2) is 4.39 Å². The summed E-state index contributed by atoms with van der Waals surface area (Å²) >= 11 is 0. The molecule has 7 heteroatoms. The maximum absolute atomic E-state index is 13.5. The standard InChI is InChI=1S/C17H16FN3O2.C7H17N/c1-8-14(20-9(2)15(8)17(23)19-3)7-12-11-6-10(18)4-5-13(11)21-16(12)22;1-4-7-8(5-2)6-3/h4-7,20H,1-3H3,(H,19,23)(H,21,22);4-7H2,1-3H3/b12-7-;. The molecule has 1 aromatic heterocycles. The molecule has 0 unspecified atom stereocenters. The number of carbonyl (C=O) groups excluding carboxylic acids is 2. The van der Waals surface area contributed by atoms with Gasteiger partial charge in [-0.15, -0.1) is 0 Å². The highest BCUT2D eigenvalue weighted by molar-refractivity contribution is 6.34. The normalized spacial score (nSPS) is 13.7. The first-order valence-electron chi connectivity index (χ1n) is 10.7. The summed E-state index contributed by atoms with van der Waals surface area (Å²) in [6.07, 6.45) is 2.93. The number of benzene rings is 1. The molecule has 1 aliphatic rings. The summed E-state index contributed by atoms with van der Waals surface area (Å²) in [5.74, 6) is -0.890. The molecular weight excluding hydrogens is 395 g/mol. The molecule has 6 nitrogen and oxygen atoms in total. The van der Waals surface area contributed by atoms with E-state index in [0.717, 1.165) is 5.56 Å².